The van der Waals surface area contributed by atoms with E-state index in [1.165, 1.54) is 0 Å². The van der Waals surface area contributed by atoms with Crippen LogP contribution < -0.4 is 28.5 Å². The van der Waals surface area contributed by atoms with Crippen LogP contribution in [-0.4, -0.2) is 36.1 Å². The molecule has 0 aliphatic heterocycles. The molecule has 13 heteroatoms. The highest BCUT2D eigenvalue weighted by Gasteiger charge is 1.86. The molecule has 0 bridgehead atoms. The molecule has 0 saturated carbocycles. The second-order valence-electron chi connectivity index (χ2n) is 1.50. The van der Waals surface area contributed by atoms with Gasteiger partial charge in [-0.05, 0) is 0 Å². The molecule has 0 saturated heterocycles. The molecule has 0 fully saturated rings. The topological polar surface area (TPSA) is 229 Å². The van der Waals surface area contributed by atoms with Gasteiger partial charge in [0.05, 0.1) is 0 Å². The van der Waals surface area contributed by atoms with Crippen LogP contribution >= 0.6 is 0 Å². The van der Waals surface area contributed by atoms with Crippen LogP contribution in [0.3, 0.4) is 0 Å². The Hall–Kier alpha value is -2.22. The number of aromatic nitrogens is 8. The molecule has 2 aromatic rings. The fourth-order valence-corrected chi connectivity index (χ4v) is 0.478. The summed E-state index contributed by atoms with van der Waals surface area (Å²) in [6.07, 6.45) is 0. The van der Waals surface area contributed by atoms with Gasteiger partial charge in [0, 0.05) is 0 Å². The van der Waals surface area contributed by atoms with E-state index >= 15 is 0 Å². The van der Waals surface area contributed by atoms with Crippen LogP contribution in [0, 0.1) is 0 Å². The Labute approximate surface area is 82.9 Å². The number of nitrogens with two attached hydrogens (primary N) is 2. The number of hydrogen-bond acceptors (Lipinski definition) is 8. The Morgan fingerprint density at radius 3 is 2.40 bits per heavy atom. The van der Waals surface area contributed by atoms with Crippen LogP contribution in [0.4, 0.5) is 11.9 Å². The predicted octanol–water partition coefficient (Wildman–Crippen LogP) is -5.12. The molecule has 13 nitrogen and oxygen atoms in total. The second-order valence-corrected chi connectivity index (χ2v) is 1.50. The van der Waals surface area contributed by atoms with Crippen LogP contribution in [0.2, 0.25) is 0 Å². The van der Waals surface area contributed by atoms with Gasteiger partial charge in [-0.15, -0.1) is 10.2 Å². The Kier molecular flexibility index (Phi) is 7.14. The summed E-state index contributed by atoms with van der Waals surface area (Å²) in [5.74, 6) is 14.3. The minimum atomic E-state index is 0.117. The molecule has 2 heterocycles. The van der Waals surface area contributed by atoms with E-state index in [-0.39, 0.29) is 11.9 Å². The first kappa shape index (κ1) is 12.8. The highest BCUT2D eigenvalue weighted by Crippen LogP contribution is 2.16. The van der Waals surface area contributed by atoms with Crippen molar-refractivity contribution in [3.05, 3.63) is 5.32 Å². The highest BCUT2D eigenvalue weighted by atomic mass is 15.5. The van der Waals surface area contributed by atoms with Crippen molar-refractivity contribution in [3.63, 3.8) is 0 Å². The van der Waals surface area contributed by atoms with Crippen LogP contribution in [-0.2, 0) is 0 Å². The molecule has 0 amide bonds. The van der Waals surface area contributed by atoms with Gasteiger partial charge in [-0.2, -0.15) is 16.9 Å². The van der Waals surface area contributed by atoms with E-state index in [2.05, 4.69) is 69.9 Å². The van der Waals surface area contributed by atoms with E-state index in [4.69, 9.17) is 0 Å². The lowest BCUT2D eigenvalue weighted by Crippen LogP contribution is -2.59. The standard InChI is InChI=1S/C2HN9.2H4N2/c3(1-4-8-9-5-1)2-6-10-11-7-2;2*1-2/h(H-2,3,4,5,6,7,8,9,10,11);2*1-2H2/q-2;;/p+2. The lowest BCUT2D eigenvalue weighted by molar-refractivity contribution is -0.379. The molecule has 0 atom stereocenters. The van der Waals surface area contributed by atoms with Crippen molar-refractivity contribution in [3.8, 4) is 0 Å². The lowest BCUT2D eigenvalue weighted by Gasteiger charge is -2.06. The van der Waals surface area contributed by atoms with Crippen LogP contribution in [0.1, 0.15) is 0 Å². The number of aromatic amines is 1. The Morgan fingerprint density at radius 1 is 1.20 bits per heavy atom. The van der Waals surface area contributed by atoms with Gasteiger partial charge < -0.3 is 20.7 Å². The highest BCUT2D eigenvalue weighted by molar-refractivity contribution is 5.47. The summed E-state index contributed by atoms with van der Waals surface area (Å²) in [6.45, 7) is 0. The number of hydrogen-bond donors (Lipinski definition) is 5. The zero-order valence-corrected chi connectivity index (χ0v) is 7.65. The largest absolute Gasteiger partial charge is 0.452 e. The molecule has 84 valence electrons. The van der Waals surface area contributed by atoms with E-state index in [1.807, 2.05) is 0 Å². The third kappa shape index (κ3) is 4.52. The maximum absolute atomic E-state index is 4.25. The number of nitrogens with one attached hydrogen (secondary N) is 1. The van der Waals surface area contributed by atoms with E-state index in [0.29, 0.717) is 0 Å². The summed E-state index contributed by atoms with van der Waals surface area (Å²) in [5.41, 5.74) is 0. The Balaban J connectivity index is 0.000000442. The van der Waals surface area contributed by atoms with Gasteiger partial charge in [0.25, 0.3) is 0 Å². The molecule has 0 radical (unpaired) electrons. The summed E-state index contributed by atoms with van der Waals surface area (Å²) in [5, 5.41) is 29.6. The molecule has 15 heavy (non-hydrogen) atoms. The Morgan fingerprint density at radius 2 is 1.93 bits per heavy atom. The van der Waals surface area contributed by atoms with Crippen molar-refractivity contribution in [2.75, 3.05) is 0 Å². The number of rotatable bonds is 2. The number of tetrazole rings is 2. The van der Waals surface area contributed by atoms with E-state index < -0.39 is 0 Å². The van der Waals surface area contributed by atoms with E-state index in [9.17, 15) is 0 Å². The fourth-order valence-electron chi connectivity index (χ4n) is 0.478. The van der Waals surface area contributed by atoms with Gasteiger partial charge in [-0.3, -0.25) is 16.9 Å². The van der Waals surface area contributed by atoms with Gasteiger partial charge >= 0.3 is 0 Å². The van der Waals surface area contributed by atoms with Crippen molar-refractivity contribution < 1.29 is 11.7 Å². The first-order valence-corrected chi connectivity index (χ1v) is 3.41. The number of nitrogens with zero attached hydrogens (tertiary/aromatic N) is 8. The average Bonchev–Trinajstić information content (AvgIpc) is 2.98. The molecule has 0 aliphatic rings. The molecule has 2 aromatic heterocycles. The molecule has 11 N–H and O–H groups in total. The molecular weight excluding hydrogens is 206 g/mol. The summed E-state index contributed by atoms with van der Waals surface area (Å²) in [4.78, 5) is 0. The fraction of sp³-hybridized carbons (Fsp3) is 0. The van der Waals surface area contributed by atoms with Gasteiger partial charge in [0.15, 0.2) is 5.95 Å². The van der Waals surface area contributed by atoms with Crippen molar-refractivity contribution in [1.82, 2.24) is 41.2 Å². The van der Waals surface area contributed by atoms with Gasteiger partial charge in [-0.25, -0.2) is 0 Å². The summed E-state index contributed by atoms with van der Waals surface area (Å²) in [6, 6.07) is 0. The van der Waals surface area contributed by atoms with Gasteiger partial charge in [-0.1, -0.05) is 11.2 Å². The zero-order valence-electron chi connectivity index (χ0n) is 7.65. The minimum absolute atomic E-state index is 0.117. The maximum atomic E-state index is 4.25. The summed E-state index contributed by atoms with van der Waals surface area (Å²) < 4.78 is 0. The Bertz CT molecular complexity index is 261. The molecule has 0 aliphatic carbocycles. The smallest absolute Gasteiger partial charge is 0.189 e. The average molecular weight is 217 g/mol. The van der Waals surface area contributed by atoms with Crippen LogP contribution in [0.5, 0.6) is 0 Å². The first-order chi connectivity index (χ1) is 7.45. The predicted molar refractivity (Wildman–Crippen MR) is 44.2 cm³/mol. The van der Waals surface area contributed by atoms with E-state index in [0.717, 1.165) is 0 Å². The molecule has 0 unspecified atom stereocenters. The van der Waals surface area contributed by atoms with Gasteiger partial charge in [0.1, 0.15) is 0 Å². The van der Waals surface area contributed by atoms with Crippen molar-refractivity contribution in [2.45, 2.75) is 0 Å². The third-order valence-corrected chi connectivity index (χ3v) is 0.842. The quantitative estimate of drug-likeness (QED) is 0.238. The number of H-pyrrole nitrogens is 1. The van der Waals surface area contributed by atoms with Gasteiger partial charge in [0.2, 0.25) is 0 Å². The summed E-state index contributed by atoms with van der Waals surface area (Å²) in [7, 11) is 0. The van der Waals surface area contributed by atoms with Crippen molar-refractivity contribution in [2.24, 2.45) is 11.7 Å². The minimum Gasteiger partial charge on any atom is -0.452 e. The van der Waals surface area contributed by atoms with Crippen LogP contribution in [0.25, 0.3) is 5.32 Å². The summed E-state index contributed by atoms with van der Waals surface area (Å²) >= 11 is 0. The zero-order chi connectivity index (χ0) is 11.5. The SMILES string of the molecule is N[NH3+].N[NH3+].n1n[n-]c([N-]c2nn[nH]n2)n1. The third-order valence-electron chi connectivity index (χ3n) is 0.842. The normalized spacial score (nSPS) is 8.00. The molecule has 2 rings (SSSR count). The van der Waals surface area contributed by atoms with Crippen LogP contribution in [0.15, 0.2) is 0 Å². The van der Waals surface area contributed by atoms with Crippen molar-refractivity contribution >= 4 is 11.9 Å². The first-order valence-electron chi connectivity index (χ1n) is 3.41. The second kappa shape index (κ2) is 8.38. The van der Waals surface area contributed by atoms with E-state index in [1.54, 1.807) is 0 Å². The number of quaternary nitrogens is 2. The monoisotopic (exact) mass is 217 g/mol. The van der Waals surface area contributed by atoms with Crippen molar-refractivity contribution in [1.29, 1.82) is 0 Å². The lowest BCUT2D eigenvalue weighted by atomic mass is 10.9. The molecule has 0 spiro atoms. The molecule has 0 aromatic carbocycles. The molecular formula is C2H11N13. The maximum Gasteiger partial charge on any atom is 0.189 e.